The molecule has 2 aromatic rings. The number of ether oxygens (including phenoxy) is 1. The number of esters is 1. The van der Waals surface area contributed by atoms with Crippen molar-refractivity contribution < 1.29 is 19.1 Å². The number of carbonyl (C=O) groups excluding carboxylic acids is 3. The first kappa shape index (κ1) is 21.6. The molecule has 1 fully saturated rings. The number of amides is 2. The van der Waals surface area contributed by atoms with E-state index in [9.17, 15) is 14.4 Å². The van der Waals surface area contributed by atoms with Gasteiger partial charge in [-0.2, -0.15) is 0 Å². The summed E-state index contributed by atoms with van der Waals surface area (Å²) >= 11 is 0. The summed E-state index contributed by atoms with van der Waals surface area (Å²) in [6.07, 6.45) is 0.105. The Balaban J connectivity index is 1.54. The normalized spacial score (nSPS) is 17.0. The maximum absolute atomic E-state index is 12.4. The number of aryl methyl sites for hydroxylation is 3. The van der Waals surface area contributed by atoms with Crippen LogP contribution in [0.4, 0.5) is 5.69 Å². The highest BCUT2D eigenvalue weighted by Crippen LogP contribution is 2.29. The molecule has 2 aromatic carbocycles. The third-order valence-corrected chi connectivity index (χ3v) is 5.53. The summed E-state index contributed by atoms with van der Waals surface area (Å²) in [5.41, 5.74) is 4.79. The molecule has 0 saturated carbocycles. The zero-order chi connectivity index (χ0) is 21.8. The summed E-state index contributed by atoms with van der Waals surface area (Å²) in [4.78, 5) is 38.8. The van der Waals surface area contributed by atoms with Crippen molar-refractivity contribution in [2.75, 3.05) is 18.5 Å². The van der Waals surface area contributed by atoms with E-state index in [1.165, 1.54) is 0 Å². The van der Waals surface area contributed by atoms with Gasteiger partial charge in [0.15, 0.2) is 6.61 Å². The summed E-state index contributed by atoms with van der Waals surface area (Å²) in [7, 11) is 0. The highest BCUT2D eigenvalue weighted by molar-refractivity contribution is 5.95. The third-order valence-electron chi connectivity index (χ3n) is 5.53. The highest BCUT2D eigenvalue weighted by atomic mass is 16.5. The molecular weight excluding hydrogens is 380 g/mol. The summed E-state index contributed by atoms with van der Waals surface area (Å²) in [5, 5.41) is 2.82. The van der Waals surface area contributed by atoms with Crippen LogP contribution in [-0.4, -0.2) is 35.8 Å². The Morgan fingerprint density at radius 1 is 1.13 bits per heavy atom. The highest BCUT2D eigenvalue weighted by Gasteiger charge is 2.38. The first-order valence-electron chi connectivity index (χ1n) is 10.1. The Labute approximate surface area is 177 Å². The van der Waals surface area contributed by atoms with Crippen molar-refractivity contribution >= 4 is 23.5 Å². The van der Waals surface area contributed by atoms with E-state index in [-0.39, 0.29) is 25.0 Å². The minimum atomic E-state index is -0.556. The molecule has 158 valence electrons. The van der Waals surface area contributed by atoms with Crippen molar-refractivity contribution in [3.8, 4) is 0 Å². The molecule has 0 aromatic heterocycles. The fourth-order valence-corrected chi connectivity index (χ4v) is 3.98. The molecule has 0 bridgehead atoms. The van der Waals surface area contributed by atoms with E-state index in [1.807, 2.05) is 70.2 Å². The van der Waals surface area contributed by atoms with Crippen LogP contribution in [0.5, 0.6) is 0 Å². The predicted octanol–water partition coefficient (Wildman–Crippen LogP) is 3.70. The van der Waals surface area contributed by atoms with Gasteiger partial charge in [-0.25, -0.2) is 0 Å². The molecule has 2 amide bonds. The minimum Gasteiger partial charge on any atom is -0.455 e. The van der Waals surface area contributed by atoms with Crippen LogP contribution in [-0.2, 0) is 19.1 Å². The van der Waals surface area contributed by atoms with Crippen molar-refractivity contribution in [1.82, 2.24) is 4.90 Å². The Morgan fingerprint density at radius 2 is 1.77 bits per heavy atom. The summed E-state index contributed by atoms with van der Waals surface area (Å²) < 4.78 is 5.22. The van der Waals surface area contributed by atoms with Gasteiger partial charge in [-0.05, 0) is 44.4 Å². The molecule has 1 aliphatic heterocycles. The lowest BCUT2D eigenvalue weighted by molar-refractivity contribution is -0.151. The van der Waals surface area contributed by atoms with Crippen molar-refractivity contribution in [2.45, 2.75) is 40.2 Å². The summed E-state index contributed by atoms with van der Waals surface area (Å²) in [6, 6.07) is 13.6. The van der Waals surface area contributed by atoms with Gasteiger partial charge in [0.1, 0.15) is 0 Å². The largest absolute Gasteiger partial charge is 0.455 e. The quantitative estimate of drug-likeness (QED) is 0.740. The van der Waals surface area contributed by atoms with Crippen LogP contribution in [0.15, 0.2) is 42.5 Å². The molecule has 6 heteroatoms. The number of benzene rings is 2. The van der Waals surface area contributed by atoms with E-state index >= 15 is 0 Å². The topological polar surface area (TPSA) is 75.7 Å². The monoisotopic (exact) mass is 408 g/mol. The Bertz CT molecular complexity index is 932. The number of hydrogen-bond donors (Lipinski definition) is 1. The van der Waals surface area contributed by atoms with E-state index in [0.717, 1.165) is 27.9 Å². The second kappa shape index (κ2) is 9.11. The molecule has 0 spiro atoms. The second-order valence-corrected chi connectivity index (χ2v) is 7.96. The SMILES string of the molecule is Cc1cc(C)c(NC(=O)COC(=O)[C@@H]2CC(=O)N([C@@H](C)c3ccccc3)C2)c(C)c1. The first-order chi connectivity index (χ1) is 14.3. The van der Waals surface area contributed by atoms with E-state index in [4.69, 9.17) is 4.74 Å². The van der Waals surface area contributed by atoms with E-state index < -0.39 is 17.8 Å². The van der Waals surface area contributed by atoms with Crippen molar-refractivity contribution in [1.29, 1.82) is 0 Å². The predicted molar refractivity (Wildman–Crippen MR) is 115 cm³/mol. The van der Waals surface area contributed by atoms with Crippen molar-refractivity contribution in [3.63, 3.8) is 0 Å². The van der Waals surface area contributed by atoms with E-state index in [0.29, 0.717) is 6.54 Å². The van der Waals surface area contributed by atoms with Gasteiger partial charge in [0.05, 0.1) is 12.0 Å². The summed E-state index contributed by atoms with van der Waals surface area (Å²) in [5.74, 6) is -1.54. The Morgan fingerprint density at radius 3 is 2.40 bits per heavy atom. The van der Waals surface area contributed by atoms with Crippen LogP contribution in [0.1, 0.15) is 41.6 Å². The zero-order valence-corrected chi connectivity index (χ0v) is 17.9. The molecule has 1 heterocycles. The van der Waals surface area contributed by atoms with Crippen molar-refractivity contribution in [2.24, 2.45) is 5.92 Å². The average molecular weight is 408 g/mol. The standard InChI is InChI=1S/C24H28N2O4/c1-15-10-16(2)23(17(3)11-15)25-21(27)14-30-24(29)20-12-22(28)26(13-20)18(4)19-8-6-5-7-9-19/h5-11,18,20H,12-14H2,1-4H3,(H,25,27)/t18-,20+/m0/s1. The minimum absolute atomic E-state index is 0.0799. The third kappa shape index (κ3) is 4.87. The molecule has 2 atom stereocenters. The van der Waals surface area contributed by atoms with Gasteiger partial charge in [0, 0.05) is 18.7 Å². The number of hydrogen-bond acceptors (Lipinski definition) is 4. The number of anilines is 1. The molecule has 0 radical (unpaired) electrons. The molecular formula is C24H28N2O4. The zero-order valence-electron chi connectivity index (χ0n) is 17.9. The number of carbonyl (C=O) groups is 3. The average Bonchev–Trinajstić information content (AvgIpc) is 3.10. The molecule has 6 nitrogen and oxygen atoms in total. The van der Waals surface area contributed by atoms with Gasteiger partial charge in [-0.1, -0.05) is 48.0 Å². The smallest absolute Gasteiger partial charge is 0.311 e. The molecule has 0 unspecified atom stereocenters. The fourth-order valence-electron chi connectivity index (χ4n) is 3.98. The number of nitrogens with zero attached hydrogens (tertiary/aromatic N) is 1. The maximum Gasteiger partial charge on any atom is 0.311 e. The lowest BCUT2D eigenvalue weighted by Crippen LogP contribution is -2.30. The molecule has 30 heavy (non-hydrogen) atoms. The second-order valence-electron chi connectivity index (χ2n) is 7.96. The van der Waals surface area contributed by atoms with Crippen LogP contribution in [0.3, 0.4) is 0 Å². The molecule has 1 N–H and O–H groups in total. The molecule has 1 saturated heterocycles. The van der Waals surface area contributed by atoms with Crippen LogP contribution >= 0.6 is 0 Å². The Hall–Kier alpha value is -3.15. The fraction of sp³-hybridized carbons (Fsp3) is 0.375. The number of likely N-dealkylation sites (tertiary alicyclic amines) is 1. The van der Waals surface area contributed by atoms with Gasteiger partial charge in [-0.15, -0.1) is 0 Å². The molecule has 1 aliphatic rings. The molecule has 3 rings (SSSR count). The van der Waals surface area contributed by atoms with Crippen LogP contribution < -0.4 is 5.32 Å². The van der Waals surface area contributed by atoms with Gasteiger partial charge in [-0.3, -0.25) is 14.4 Å². The van der Waals surface area contributed by atoms with Gasteiger partial charge in [0.25, 0.3) is 5.91 Å². The Kier molecular flexibility index (Phi) is 6.55. The number of nitrogens with one attached hydrogen (secondary N) is 1. The van der Waals surface area contributed by atoms with Crippen LogP contribution in [0, 0.1) is 26.7 Å². The van der Waals surface area contributed by atoms with Gasteiger partial charge >= 0.3 is 5.97 Å². The van der Waals surface area contributed by atoms with Gasteiger partial charge in [0.2, 0.25) is 5.91 Å². The summed E-state index contributed by atoms with van der Waals surface area (Å²) in [6.45, 7) is 7.72. The van der Waals surface area contributed by atoms with E-state index in [2.05, 4.69) is 5.32 Å². The molecule has 0 aliphatic carbocycles. The lowest BCUT2D eigenvalue weighted by atomic mass is 10.1. The van der Waals surface area contributed by atoms with Crippen LogP contribution in [0.2, 0.25) is 0 Å². The van der Waals surface area contributed by atoms with E-state index in [1.54, 1.807) is 4.90 Å². The van der Waals surface area contributed by atoms with Crippen molar-refractivity contribution in [3.05, 3.63) is 64.7 Å². The lowest BCUT2D eigenvalue weighted by Gasteiger charge is -2.25. The maximum atomic E-state index is 12.4. The van der Waals surface area contributed by atoms with Crippen LogP contribution in [0.25, 0.3) is 0 Å². The van der Waals surface area contributed by atoms with Gasteiger partial charge < -0.3 is 15.0 Å². The number of rotatable bonds is 6. The first-order valence-corrected chi connectivity index (χ1v) is 10.1.